The highest BCUT2D eigenvalue weighted by atomic mass is 16.4. The summed E-state index contributed by atoms with van der Waals surface area (Å²) in [6.45, 7) is 0. The molecule has 4 nitrogen and oxygen atoms in total. The number of nitrogens with two attached hydrogens (primary N) is 1. The van der Waals surface area contributed by atoms with Gasteiger partial charge in [-0.2, -0.15) is 0 Å². The maximum atomic E-state index is 10.4. The van der Waals surface area contributed by atoms with E-state index in [4.69, 9.17) is 15.9 Å². The summed E-state index contributed by atoms with van der Waals surface area (Å²) in [5, 5.41) is 17.5. The Kier molecular flexibility index (Phi) is 4.66. The Hall–Kier alpha value is -1.55. The normalized spacial score (nSPS) is 11.5. The Labute approximate surface area is 83.0 Å². The SMILES string of the molecule is C.NC(Cc1ccc(O)cc1)C(=O)O. The lowest BCUT2D eigenvalue weighted by Gasteiger charge is -2.05. The largest absolute Gasteiger partial charge is 0.508 e. The topological polar surface area (TPSA) is 83.5 Å². The van der Waals surface area contributed by atoms with E-state index < -0.39 is 12.0 Å². The molecule has 0 saturated carbocycles. The van der Waals surface area contributed by atoms with Gasteiger partial charge < -0.3 is 15.9 Å². The van der Waals surface area contributed by atoms with E-state index in [2.05, 4.69) is 0 Å². The maximum absolute atomic E-state index is 10.4. The zero-order valence-corrected chi connectivity index (χ0v) is 6.97. The maximum Gasteiger partial charge on any atom is 0.320 e. The summed E-state index contributed by atoms with van der Waals surface area (Å²) in [4.78, 5) is 10.4. The number of hydrogen-bond acceptors (Lipinski definition) is 3. The summed E-state index contributed by atoms with van der Waals surface area (Å²) in [5.74, 6) is -0.860. The molecule has 0 heterocycles. The Morgan fingerprint density at radius 1 is 1.36 bits per heavy atom. The quantitative estimate of drug-likeness (QED) is 0.674. The molecule has 1 unspecified atom stereocenters. The van der Waals surface area contributed by atoms with Gasteiger partial charge in [0.25, 0.3) is 0 Å². The third-order valence-corrected chi connectivity index (χ3v) is 1.71. The van der Waals surface area contributed by atoms with E-state index in [0.29, 0.717) is 0 Å². The van der Waals surface area contributed by atoms with Crippen molar-refractivity contribution in [2.45, 2.75) is 19.9 Å². The van der Waals surface area contributed by atoms with Crippen molar-refractivity contribution in [2.75, 3.05) is 0 Å². The van der Waals surface area contributed by atoms with Crippen LogP contribution in [0, 0.1) is 0 Å². The molecule has 0 spiro atoms. The Morgan fingerprint density at radius 2 is 1.86 bits per heavy atom. The van der Waals surface area contributed by atoms with E-state index >= 15 is 0 Å². The monoisotopic (exact) mass is 197 g/mol. The number of hydrogen-bond donors (Lipinski definition) is 3. The summed E-state index contributed by atoms with van der Waals surface area (Å²) in [5.41, 5.74) is 6.12. The molecule has 0 fully saturated rings. The van der Waals surface area contributed by atoms with Crippen LogP contribution in [-0.2, 0) is 11.2 Å². The second-order valence-corrected chi connectivity index (χ2v) is 2.82. The molecule has 1 rings (SSSR count). The zero-order chi connectivity index (χ0) is 9.84. The fraction of sp³-hybridized carbons (Fsp3) is 0.300. The number of aliphatic carboxylic acids is 1. The smallest absolute Gasteiger partial charge is 0.320 e. The van der Waals surface area contributed by atoms with Gasteiger partial charge in [0.15, 0.2) is 0 Å². The number of phenols is 1. The second kappa shape index (κ2) is 5.24. The number of benzene rings is 1. The number of carboxylic acid groups (broad SMARTS) is 1. The molecule has 0 saturated heterocycles. The summed E-state index contributed by atoms with van der Waals surface area (Å²) in [6, 6.07) is 5.42. The van der Waals surface area contributed by atoms with Gasteiger partial charge >= 0.3 is 5.97 Å². The summed E-state index contributed by atoms with van der Waals surface area (Å²) < 4.78 is 0. The molecule has 0 radical (unpaired) electrons. The first-order valence-electron chi connectivity index (χ1n) is 3.86. The molecule has 1 aromatic rings. The van der Waals surface area contributed by atoms with Crippen molar-refractivity contribution in [3.8, 4) is 5.75 Å². The van der Waals surface area contributed by atoms with Crippen LogP contribution < -0.4 is 5.73 Å². The number of carboxylic acids is 1. The number of carbonyl (C=O) groups is 1. The molecular weight excluding hydrogens is 182 g/mol. The van der Waals surface area contributed by atoms with Crippen molar-refractivity contribution in [2.24, 2.45) is 5.73 Å². The minimum Gasteiger partial charge on any atom is -0.508 e. The lowest BCUT2D eigenvalue weighted by molar-refractivity contribution is -0.138. The van der Waals surface area contributed by atoms with Crippen LogP contribution >= 0.6 is 0 Å². The molecule has 4 heteroatoms. The molecule has 0 aliphatic rings. The first-order chi connectivity index (χ1) is 6.09. The lowest BCUT2D eigenvalue weighted by Crippen LogP contribution is -2.32. The van der Waals surface area contributed by atoms with E-state index in [1.807, 2.05) is 0 Å². The van der Waals surface area contributed by atoms with E-state index in [1.165, 1.54) is 12.1 Å². The van der Waals surface area contributed by atoms with Crippen LogP contribution in [0.4, 0.5) is 0 Å². The summed E-state index contributed by atoms with van der Waals surface area (Å²) in [6.07, 6.45) is 0.273. The minimum atomic E-state index is -1.02. The van der Waals surface area contributed by atoms with Gasteiger partial charge in [-0.25, -0.2) is 0 Å². The second-order valence-electron chi connectivity index (χ2n) is 2.82. The summed E-state index contributed by atoms with van der Waals surface area (Å²) in [7, 11) is 0. The van der Waals surface area contributed by atoms with Gasteiger partial charge in [0.1, 0.15) is 11.8 Å². The van der Waals surface area contributed by atoms with Crippen LogP contribution in [-0.4, -0.2) is 22.2 Å². The molecule has 0 aliphatic heterocycles. The van der Waals surface area contributed by atoms with Gasteiger partial charge in [0.05, 0.1) is 0 Å². The average Bonchev–Trinajstić information content (AvgIpc) is 2.08. The average molecular weight is 197 g/mol. The van der Waals surface area contributed by atoms with E-state index in [0.717, 1.165) is 5.56 Å². The third kappa shape index (κ3) is 3.45. The van der Waals surface area contributed by atoms with Gasteiger partial charge in [-0.1, -0.05) is 19.6 Å². The van der Waals surface area contributed by atoms with Crippen molar-refractivity contribution in [1.29, 1.82) is 0 Å². The highest BCUT2D eigenvalue weighted by Crippen LogP contribution is 2.10. The minimum absolute atomic E-state index is 0. The van der Waals surface area contributed by atoms with Crippen molar-refractivity contribution < 1.29 is 15.0 Å². The van der Waals surface area contributed by atoms with Crippen LogP contribution in [0.3, 0.4) is 0 Å². The van der Waals surface area contributed by atoms with Crippen molar-refractivity contribution in [3.05, 3.63) is 29.8 Å². The molecule has 78 valence electrons. The number of aromatic hydroxyl groups is 1. The van der Waals surface area contributed by atoms with Crippen molar-refractivity contribution in [1.82, 2.24) is 0 Å². The zero-order valence-electron chi connectivity index (χ0n) is 6.97. The van der Waals surface area contributed by atoms with Gasteiger partial charge in [0, 0.05) is 0 Å². The molecule has 0 bridgehead atoms. The van der Waals surface area contributed by atoms with Crippen molar-refractivity contribution in [3.63, 3.8) is 0 Å². The standard InChI is InChI=1S/C9H11NO3.CH4/c10-8(9(12)13)5-6-1-3-7(11)4-2-6;/h1-4,8,11H,5,10H2,(H,12,13);1H4. The van der Waals surface area contributed by atoms with E-state index in [1.54, 1.807) is 12.1 Å². The van der Waals surface area contributed by atoms with Gasteiger partial charge in [-0.3, -0.25) is 4.79 Å². The van der Waals surface area contributed by atoms with Crippen LogP contribution in [0.5, 0.6) is 5.75 Å². The number of phenolic OH excluding ortho intramolecular Hbond substituents is 1. The molecular formula is C10H15NO3. The Bertz CT molecular complexity index is 295. The van der Waals surface area contributed by atoms with Crippen LogP contribution in [0.15, 0.2) is 24.3 Å². The van der Waals surface area contributed by atoms with Gasteiger partial charge in [-0.15, -0.1) is 0 Å². The molecule has 1 aromatic carbocycles. The predicted molar refractivity (Wildman–Crippen MR) is 54.2 cm³/mol. The predicted octanol–water partition coefficient (Wildman–Crippen LogP) is 0.983. The molecule has 1 atom stereocenters. The Balaban J connectivity index is 0.00000169. The fourth-order valence-corrected chi connectivity index (χ4v) is 0.973. The van der Waals surface area contributed by atoms with Crippen LogP contribution in [0.1, 0.15) is 13.0 Å². The molecule has 14 heavy (non-hydrogen) atoms. The lowest BCUT2D eigenvalue weighted by atomic mass is 10.1. The fourth-order valence-electron chi connectivity index (χ4n) is 0.973. The highest BCUT2D eigenvalue weighted by molar-refractivity contribution is 5.73. The third-order valence-electron chi connectivity index (χ3n) is 1.71. The molecule has 0 aliphatic carbocycles. The first-order valence-corrected chi connectivity index (χ1v) is 3.86. The van der Waals surface area contributed by atoms with Gasteiger partial charge in [-0.05, 0) is 24.1 Å². The van der Waals surface area contributed by atoms with Crippen molar-refractivity contribution >= 4 is 5.97 Å². The summed E-state index contributed by atoms with van der Waals surface area (Å²) >= 11 is 0. The Morgan fingerprint density at radius 3 is 2.29 bits per heavy atom. The molecule has 4 N–H and O–H groups in total. The molecule has 0 aromatic heterocycles. The van der Waals surface area contributed by atoms with E-state index in [9.17, 15) is 4.79 Å². The number of rotatable bonds is 3. The first kappa shape index (κ1) is 12.4. The van der Waals surface area contributed by atoms with E-state index in [-0.39, 0.29) is 19.6 Å². The van der Waals surface area contributed by atoms with Crippen LogP contribution in [0.25, 0.3) is 0 Å². The molecule has 0 amide bonds. The van der Waals surface area contributed by atoms with Crippen LogP contribution in [0.2, 0.25) is 0 Å². The van der Waals surface area contributed by atoms with Gasteiger partial charge in [0.2, 0.25) is 0 Å². The highest BCUT2D eigenvalue weighted by Gasteiger charge is 2.11.